The quantitative estimate of drug-likeness (QED) is 0.732. The summed E-state index contributed by atoms with van der Waals surface area (Å²) >= 11 is 0. The van der Waals surface area contributed by atoms with Crippen LogP contribution in [0.4, 0.5) is 0 Å². The van der Waals surface area contributed by atoms with Crippen LogP contribution in [0.3, 0.4) is 0 Å². The summed E-state index contributed by atoms with van der Waals surface area (Å²) in [5.41, 5.74) is 1.02. The number of fused-ring (bicyclic) bond motifs is 4. The van der Waals surface area contributed by atoms with E-state index in [9.17, 15) is 9.59 Å². The minimum Gasteiger partial charge on any atom is -0.372 e. The van der Waals surface area contributed by atoms with E-state index in [0.29, 0.717) is 43.5 Å². The average Bonchev–Trinajstić information content (AvgIpc) is 2.78. The summed E-state index contributed by atoms with van der Waals surface area (Å²) in [7, 11) is 0. The highest BCUT2D eigenvalue weighted by Gasteiger charge is 2.47. The second-order valence-electron chi connectivity index (χ2n) is 8.90. The summed E-state index contributed by atoms with van der Waals surface area (Å²) in [6.07, 6.45) is 8.77. The SMILES string of the molecule is CCOCC(=O)NC[C@H]1[C@H]2C[C@H](CN(C(=O)Cc3ccncc3)C2)[C@@H]2CCCCN21. The van der Waals surface area contributed by atoms with Crippen molar-refractivity contribution in [3.8, 4) is 0 Å². The Morgan fingerprint density at radius 2 is 2.00 bits per heavy atom. The molecule has 0 spiro atoms. The number of nitrogens with zero attached hydrogens (tertiary/aromatic N) is 3. The Morgan fingerprint density at radius 3 is 2.80 bits per heavy atom. The fourth-order valence-electron chi connectivity index (χ4n) is 5.64. The molecule has 1 aromatic rings. The molecule has 3 aliphatic heterocycles. The maximum atomic E-state index is 13.1. The fourth-order valence-corrected chi connectivity index (χ4v) is 5.64. The molecule has 30 heavy (non-hydrogen) atoms. The molecule has 4 rings (SSSR count). The lowest BCUT2D eigenvalue weighted by molar-refractivity contribution is -0.140. The van der Waals surface area contributed by atoms with E-state index in [4.69, 9.17) is 4.74 Å². The Hall–Kier alpha value is -1.99. The van der Waals surface area contributed by atoms with Crippen molar-refractivity contribution in [3.05, 3.63) is 30.1 Å². The van der Waals surface area contributed by atoms with Gasteiger partial charge in [0.2, 0.25) is 11.8 Å². The van der Waals surface area contributed by atoms with Crippen molar-refractivity contribution in [1.29, 1.82) is 0 Å². The lowest BCUT2D eigenvalue weighted by atomic mass is 9.72. The van der Waals surface area contributed by atoms with Crippen molar-refractivity contribution >= 4 is 11.8 Å². The normalized spacial score (nSPS) is 28.6. The van der Waals surface area contributed by atoms with E-state index < -0.39 is 0 Å². The molecule has 1 aromatic heterocycles. The number of pyridine rings is 1. The van der Waals surface area contributed by atoms with Gasteiger partial charge in [-0.25, -0.2) is 0 Å². The lowest BCUT2D eigenvalue weighted by Crippen LogP contribution is -2.66. The summed E-state index contributed by atoms with van der Waals surface area (Å²) in [6, 6.07) is 4.67. The molecule has 0 aromatic carbocycles. The third-order valence-corrected chi connectivity index (χ3v) is 7.02. The number of likely N-dealkylation sites (tertiary alicyclic amines) is 1. The molecule has 0 unspecified atom stereocenters. The molecule has 1 N–H and O–H groups in total. The van der Waals surface area contributed by atoms with Crippen molar-refractivity contribution in [2.24, 2.45) is 11.8 Å². The molecule has 2 bridgehead atoms. The number of hydrogen-bond donors (Lipinski definition) is 1. The molecule has 164 valence electrons. The van der Waals surface area contributed by atoms with Crippen LogP contribution in [0, 0.1) is 11.8 Å². The number of piperidine rings is 3. The number of aromatic nitrogens is 1. The monoisotopic (exact) mass is 414 g/mol. The number of carbonyl (C=O) groups is 2. The first-order valence-corrected chi connectivity index (χ1v) is 11.4. The van der Waals surface area contributed by atoms with E-state index in [1.54, 1.807) is 12.4 Å². The topological polar surface area (TPSA) is 74.8 Å². The Morgan fingerprint density at radius 1 is 1.20 bits per heavy atom. The minimum atomic E-state index is -0.0473. The van der Waals surface area contributed by atoms with Gasteiger partial charge in [-0.15, -0.1) is 0 Å². The standard InChI is InChI=1S/C23H34N4O3/c1-2-30-16-22(28)25-13-21-19-12-18(20-5-3-4-10-27(20)21)14-26(15-19)23(29)11-17-6-8-24-9-7-17/h6-9,18-21H,2-5,10-16H2,1H3,(H,25,28)/t18-,19+,20+,21+/m1/s1. The molecule has 4 heterocycles. The van der Waals surface area contributed by atoms with Gasteiger partial charge >= 0.3 is 0 Å². The van der Waals surface area contributed by atoms with Crippen LogP contribution in [0.5, 0.6) is 0 Å². The number of nitrogens with one attached hydrogen (secondary N) is 1. The van der Waals surface area contributed by atoms with Crippen LogP contribution >= 0.6 is 0 Å². The molecule has 0 saturated carbocycles. The van der Waals surface area contributed by atoms with Crippen molar-refractivity contribution < 1.29 is 14.3 Å². The maximum absolute atomic E-state index is 13.1. The Kier molecular flexibility index (Phi) is 7.00. The predicted octanol–water partition coefficient (Wildman–Crippen LogP) is 1.48. The van der Waals surface area contributed by atoms with Crippen LogP contribution in [0.1, 0.15) is 38.2 Å². The zero-order valence-electron chi connectivity index (χ0n) is 18.0. The second kappa shape index (κ2) is 9.88. The van der Waals surface area contributed by atoms with Gasteiger partial charge in [-0.2, -0.15) is 0 Å². The molecule has 2 amide bonds. The molecular weight excluding hydrogens is 380 g/mol. The van der Waals surface area contributed by atoms with Gasteiger partial charge in [0.1, 0.15) is 6.61 Å². The number of ether oxygens (including phenoxy) is 1. The number of amides is 2. The second-order valence-corrected chi connectivity index (χ2v) is 8.90. The van der Waals surface area contributed by atoms with Crippen molar-refractivity contribution in [2.45, 2.75) is 51.1 Å². The first-order valence-electron chi connectivity index (χ1n) is 11.4. The molecule has 4 atom stereocenters. The van der Waals surface area contributed by atoms with E-state index >= 15 is 0 Å². The van der Waals surface area contributed by atoms with Crippen molar-refractivity contribution in [2.75, 3.05) is 39.4 Å². The Labute approximate surface area is 179 Å². The zero-order valence-corrected chi connectivity index (χ0v) is 18.0. The molecule has 0 aliphatic carbocycles. The molecule has 3 saturated heterocycles. The molecule has 3 aliphatic rings. The summed E-state index contributed by atoms with van der Waals surface area (Å²) in [6.45, 7) is 5.97. The van der Waals surface area contributed by atoms with Crippen molar-refractivity contribution in [3.63, 3.8) is 0 Å². The van der Waals surface area contributed by atoms with Crippen LogP contribution in [-0.2, 0) is 20.7 Å². The van der Waals surface area contributed by atoms with Crippen molar-refractivity contribution in [1.82, 2.24) is 20.1 Å². The summed E-state index contributed by atoms with van der Waals surface area (Å²) in [5, 5.41) is 3.09. The first-order chi connectivity index (χ1) is 14.7. The van der Waals surface area contributed by atoms with Crippen LogP contribution in [0.2, 0.25) is 0 Å². The van der Waals surface area contributed by atoms with Gasteiger partial charge in [0.25, 0.3) is 0 Å². The van der Waals surface area contributed by atoms with Crippen LogP contribution in [-0.4, -0.2) is 78.1 Å². The van der Waals surface area contributed by atoms with Gasteiger partial charge in [0, 0.05) is 50.7 Å². The minimum absolute atomic E-state index is 0.0473. The number of hydrogen-bond acceptors (Lipinski definition) is 5. The molecule has 7 heteroatoms. The fraction of sp³-hybridized carbons (Fsp3) is 0.696. The molecule has 3 fully saturated rings. The first kappa shape index (κ1) is 21.2. The number of carbonyl (C=O) groups excluding carboxylic acids is 2. The van der Waals surface area contributed by atoms with E-state index in [1.807, 2.05) is 19.1 Å². The summed E-state index contributed by atoms with van der Waals surface area (Å²) in [4.78, 5) is 34.0. The highest BCUT2D eigenvalue weighted by molar-refractivity contribution is 5.79. The summed E-state index contributed by atoms with van der Waals surface area (Å²) < 4.78 is 5.25. The highest BCUT2D eigenvalue weighted by Crippen LogP contribution is 2.41. The summed E-state index contributed by atoms with van der Waals surface area (Å²) in [5.74, 6) is 1.11. The van der Waals surface area contributed by atoms with E-state index in [2.05, 4.69) is 20.1 Å². The Balaban J connectivity index is 1.43. The zero-order chi connectivity index (χ0) is 20.9. The van der Waals surface area contributed by atoms with Crippen LogP contribution < -0.4 is 5.32 Å². The average molecular weight is 415 g/mol. The van der Waals surface area contributed by atoms with Gasteiger partial charge in [-0.1, -0.05) is 6.42 Å². The van der Waals surface area contributed by atoms with E-state index in [-0.39, 0.29) is 18.4 Å². The molecule has 7 nitrogen and oxygen atoms in total. The van der Waals surface area contributed by atoms with Gasteiger partial charge in [0.15, 0.2) is 0 Å². The molecular formula is C23H34N4O3. The van der Waals surface area contributed by atoms with Gasteiger partial charge in [-0.05, 0) is 62.3 Å². The predicted molar refractivity (Wildman–Crippen MR) is 114 cm³/mol. The Bertz CT molecular complexity index is 728. The van der Waals surface area contributed by atoms with Crippen LogP contribution in [0.15, 0.2) is 24.5 Å². The van der Waals surface area contributed by atoms with E-state index in [1.165, 1.54) is 19.3 Å². The van der Waals surface area contributed by atoms with Gasteiger partial charge < -0.3 is 15.0 Å². The lowest BCUT2D eigenvalue weighted by Gasteiger charge is -2.56. The van der Waals surface area contributed by atoms with Gasteiger partial charge in [-0.3, -0.25) is 19.5 Å². The molecule has 0 radical (unpaired) electrons. The largest absolute Gasteiger partial charge is 0.372 e. The smallest absolute Gasteiger partial charge is 0.246 e. The third kappa shape index (κ3) is 4.83. The van der Waals surface area contributed by atoms with E-state index in [0.717, 1.165) is 31.6 Å². The third-order valence-electron chi connectivity index (χ3n) is 7.02. The maximum Gasteiger partial charge on any atom is 0.246 e. The van der Waals surface area contributed by atoms with Crippen LogP contribution in [0.25, 0.3) is 0 Å². The highest BCUT2D eigenvalue weighted by atomic mass is 16.5. The van der Waals surface area contributed by atoms with Gasteiger partial charge in [0.05, 0.1) is 6.42 Å². The number of rotatable bonds is 7.